The number of benzene rings is 2. The number of hydrogen-bond acceptors (Lipinski definition) is 2. The zero-order valence-electron chi connectivity index (χ0n) is 10.1. The van der Waals surface area contributed by atoms with Crippen LogP contribution in [0.1, 0.15) is 5.56 Å². The normalized spacial score (nSPS) is 10.5. The molecule has 2 rings (SSSR count). The lowest BCUT2D eigenvalue weighted by atomic mass is 10.1. The molecule has 0 amide bonds. The van der Waals surface area contributed by atoms with Crippen molar-refractivity contribution in [2.45, 2.75) is 6.42 Å². The molecule has 0 spiro atoms. The van der Waals surface area contributed by atoms with Crippen molar-refractivity contribution in [2.24, 2.45) is 0 Å². The van der Waals surface area contributed by atoms with Gasteiger partial charge in [0.1, 0.15) is 11.6 Å². The van der Waals surface area contributed by atoms with Crippen LogP contribution in [0.3, 0.4) is 0 Å². The van der Waals surface area contributed by atoms with Crippen LogP contribution in [0.5, 0.6) is 0 Å². The maximum atomic E-state index is 13.4. The predicted molar refractivity (Wildman–Crippen MR) is 82.1 cm³/mol. The Kier molecular flexibility index (Phi) is 4.57. The minimum Gasteiger partial charge on any atom is -0.397 e. The van der Waals surface area contributed by atoms with E-state index in [9.17, 15) is 8.78 Å². The van der Waals surface area contributed by atoms with E-state index in [0.29, 0.717) is 27.9 Å². The molecule has 0 unspecified atom stereocenters. The molecule has 0 aromatic heterocycles. The number of nitrogens with two attached hydrogens (primary N) is 1. The summed E-state index contributed by atoms with van der Waals surface area (Å²) in [7, 11) is 0. The lowest BCUT2D eigenvalue weighted by Crippen LogP contribution is -2.07. The van der Waals surface area contributed by atoms with Crippen LogP contribution >= 0.6 is 22.6 Å². The highest BCUT2D eigenvalue weighted by molar-refractivity contribution is 14.1. The highest BCUT2D eigenvalue weighted by atomic mass is 127. The summed E-state index contributed by atoms with van der Waals surface area (Å²) in [6, 6.07) is 9.37. The van der Waals surface area contributed by atoms with Crippen LogP contribution in [0.15, 0.2) is 36.4 Å². The Bertz CT molecular complexity index is 588. The van der Waals surface area contributed by atoms with Gasteiger partial charge < -0.3 is 11.1 Å². The molecule has 2 aromatic carbocycles. The Morgan fingerprint density at radius 1 is 1.16 bits per heavy atom. The van der Waals surface area contributed by atoms with E-state index in [1.54, 1.807) is 12.1 Å². The van der Waals surface area contributed by atoms with Crippen LogP contribution in [0.25, 0.3) is 0 Å². The zero-order valence-corrected chi connectivity index (χ0v) is 12.2. The summed E-state index contributed by atoms with van der Waals surface area (Å²) < 4.78 is 26.9. The Labute approximate surface area is 124 Å². The van der Waals surface area contributed by atoms with E-state index in [0.717, 1.165) is 5.56 Å². The van der Waals surface area contributed by atoms with E-state index in [1.807, 2.05) is 28.7 Å². The van der Waals surface area contributed by atoms with Crippen molar-refractivity contribution in [2.75, 3.05) is 17.6 Å². The number of rotatable bonds is 4. The maximum absolute atomic E-state index is 13.4. The fourth-order valence-corrected chi connectivity index (χ4v) is 2.24. The molecule has 2 nitrogen and oxygen atoms in total. The Morgan fingerprint density at radius 3 is 2.68 bits per heavy atom. The van der Waals surface area contributed by atoms with Gasteiger partial charge in [-0.1, -0.05) is 12.1 Å². The highest BCUT2D eigenvalue weighted by Crippen LogP contribution is 2.24. The Morgan fingerprint density at radius 2 is 1.95 bits per heavy atom. The average Bonchev–Trinajstić information content (AvgIpc) is 2.35. The number of anilines is 2. The molecular weight excluding hydrogens is 361 g/mol. The molecule has 0 bridgehead atoms. The summed E-state index contributed by atoms with van der Waals surface area (Å²) in [6.07, 6.45) is 0.644. The fraction of sp³-hybridized carbons (Fsp3) is 0.143. The van der Waals surface area contributed by atoms with Gasteiger partial charge in [0, 0.05) is 12.6 Å². The van der Waals surface area contributed by atoms with E-state index in [-0.39, 0.29) is 11.6 Å². The molecule has 0 radical (unpaired) electrons. The predicted octanol–water partition coefficient (Wildman–Crippen LogP) is 3.81. The first-order valence-corrected chi connectivity index (χ1v) is 6.87. The van der Waals surface area contributed by atoms with Crippen molar-refractivity contribution >= 4 is 34.0 Å². The first kappa shape index (κ1) is 14.0. The third-order valence-electron chi connectivity index (χ3n) is 2.71. The quantitative estimate of drug-likeness (QED) is 0.631. The summed E-state index contributed by atoms with van der Waals surface area (Å²) in [5, 5.41) is 3.06. The van der Waals surface area contributed by atoms with Crippen molar-refractivity contribution in [1.29, 1.82) is 0 Å². The SMILES string of the molecule is Nc1cc(I)c(F)cc1NCCc1cccc(F)c1. The van der Waals surface area contributed by atoms with Gasteiger partial charge in [-0.15, -0.1) is 0 Å². The van der Waals surface area contributed by atoms with E-state index in [4.69, 9.17) is 5.73 Å². The van der Waals surface area contributed by atoms with E-state index >= 15 is 0 Å². The zero-order chi connectivity index (χ0) is 13.8. The summed E-state index contributed by atoms with van der Waals surface area (Å²) in [5.41, 5.74) is 7.75. The lowest BCUT2D eigenvalue weighted by Gasteiger charge is -2.10. The van der Waals surface area contributed by atoms with Gasteiger partial charge >= 0.3 is 0 Å². The second-order valence-corrected chi connectivity index (χ2v) is 5.32. The largest absolute Gasteiger partial charge is 0.397 e. The van der Waals surface area contributed by atoms with Crippen LogP contribution in [0, 0.1) is 15.2 Å². The molecule has 0 heterocycles. The second kappa shape index (κ2) is 6.18. The smallest absolute Gasteiger partial charge is 0.138 e. The number of hydrogen-bond donors (Lipinski definition) is 2. The Balaban J connectivity index is 1.98. The molecule has 3 N–H and O–H groups in total. The summed E-state index contributed by atoms with van der Waals surface area (Å²) in [5.74, 6) is -0.555. The second-order valence-electron chi connectivity index (χ2n) is 4.16. The van der Waals surface area contributed by atoms with Gasteiger partial charge in [-0.3, -0.25) is 0 Å². The molecule has 19 heavy (non-hydrogen) atoms. The molecular formula is C14H13F2IN2. The molecule has 0 saturated carbocycles. The average molecular weight is 374 g/mol. The molecule has 2 aromatic rings. The third kappa shape index (κ3) is 3.79. The molecule has 5 heteroatoms. The molecule has 0 aliphatic carbocycles. The van der Waals surface area contributed by atoms with Crippen LogP contribution in [-0.4, -0.2) is 6.54 Å². The minimum atomic E-state index is -0.303. The Hall–Kier alpha value is -1.37. The van der Waals surface area contributed by atoms with Crippen molar-refractivity contribution in [3.05, 3.63) is 57.2 Å². The summed E-state index contributed by atoms with van der Waals surface area (Å²) in [6.45, 7) is 0.563. The number of halogens is 3. The molecule has 0 atom stereocenters. The monoisotopic (exact) mass is 374 g/mol. The minimum absolute atomic E-state index is 0.252. The standard InChI is InChI=1S/C14H13F2IN2/c15-10-3-1-2-9(6-10)4-5-19-14-7-11(16)12(17)8-13(14)18/h1-3,6-8,19H,4-5,18H2. The maximum Gasteiger partial charge on any atom is 0.138 e. The van der Waals surface area contributed by atoms with Gasteiger partial charge in [0.05, 0.1) is 14.9 Å². The van der Waals surface area contributed by atoms with Crippen LogP contribution < -0.4 is 11.1 Å². The number of nitrogen functional groups attached to an aromatic ring is 1. The molecule has 0 aliphatic heterocycles. The number of nitrogens with one attached hydrogen (secondary N) is 1. The van der Waals surface area contributed by atoms with Crippen molar-refractivity contribution in [3.63, 3.8) is 0 Å². The molecule has 0 fully saturated rings. The van der Waals surface area contributed by atoms with E-state index < -0.39 is 0 Å². The van der Waals surface area contributed by atoms with Gasteiger partial charge in [-0.25, -0.2) is 8.78 Å². The third-order valence-corrected chi connectivity index (χ3v) is 3.54. The first-order valence-electron chi connectivity index (χ1n) is 5.79. The van der Waals surface area contributed by atoms with Crippen LogP contribution in [0.2, 0.25) is 0 Å². The van der Waals surface area contributed by atoms with Crippen molar-refractivity contribution in [3.8, 4) is 0 Å². The van der Waals surface area contributed by atoms with Gasteiger partial charge in [0.15, 0.2) is 0 Å². The highest BCUT2D eigenvalue weighted by Gasteiger charge is 2.05. The van der Waals surface area contributed by atoms with Crippen LogP contribution in [-0.2, 0) is 6.42 Å². The first-order chi connectivity index (χ1) is 9.06. The van der Waals surface area contributed by atoms with Crippen LogP contribution in [0.4, 0.5) is 20.2 Å². The topological polar surface area (TPSA) is 38.0 Å². The molecule has 0 saturated heterocycles. The van der Waals surface area contributed by atoms with Gasteiger partial charge in [-0.2, -0.15) is 0 Å². The van der Waals surface area contributed by atoms with Crippen molar-refractivity contribution in [1.82, 2.24) is 0 Å². The van der Waals surface area contributed by atoms with E-state index in [1.165, 1.54) is 18.2 Å². The van der Waals surface area contributed by atoms with Gasteiger partial charge in [0.2, 0.25) is 0 Å². The molecule has 100 valence electrons. The molecule has 0 aliphatic rings. The summed E-state index contributed by atoms with van der Waals surface area (Å²) >= 11 is 1.89. The van der Waals surface area contributed by atoms with Gasteiger partial charge in [0.25, 0.3) is 0 Å². The van der Waals surface area contributed by atoms with Gasteiger partial charge in [-0.05, 0) is 52.8 Å². The van der Waals surface area contributed by atoms with Crippen molar-refractivity contribution < 1.29 is 8.78 Å². The fourth-order valence-electron chi connectivity index (χ4n) is 1.75. The lowest BCUT2D eigenvalue weighted by molar-refractivity contribution is 0.621. The van der Waals surface area contributed by atoms with E-state index in [2.05, 4.69) is 5.32 Å². The summed E-state index contributed by atoms with van der Waals surface area (Å²) in [4.78, 5) is 0.